The number of aryl methyl sites for hydroxylation is 1. The monoisotopic (exact) mass is 237 g/mol. The molecule has 0 spiro atoms. The smallest absolute Gasteiger partial charge is 0.253 e. The zero-order valence-electron chi connectivity index (χ0n) is 10.5. The normalized spacial score (nSPS) is 8.94. The molecule has 94 valence electrons. The fraction of sp³-hybridized carbons (Fsp3) is 0.385. The number of benzene rings is 1. The molecule has 0 bridgehead atoms. The molecule has 1 rings (SSSR count). The second-order valence-corrected chi connectivity index (χ2v) is 3.50. The molecule has 0 aromatic heterocycles. The van der Waals surface area contributed by atoms with Crippen LogP contribution < -0.4 is 0 Å². The lowest BCUT2D eigenvalue weighted by molar-refractivity contribution is -0.108. The summed E-state index contributed by atoms with van der Waals surface area (Å²) in [6.45, 7) is 2.37. The Morgan fingerprint density at radius 1 is 1.35 bits per heavy atom. The maximum absolute atomic E-state index is 11.9. The fourth-order valence-electron chi connectivity index (χ4n) is 1.37. The molecule has 0 aliphatic rings. The third-order valence-electron chi connectivity index (χ3n) is 2.30. The van der Waals surface area contributed by atoms with E-state index in [2.05, 4.69) is 0 Å². The molecule has 0 saturated carbocycles. The number of carbonyl (C=O) groups excluding carboxylic acids is 2. The Bertz CT molecular complexity index is 363. The molecule has 0 aliphatic carbocycles. The predicted molar refractivity (Wildman–Crippen MR) is 67.0 cm³/mol. The molecule has 0 aliphatic heterocycles. The molecule has 4 nitrogen and oxygen atoms in total. The van der Waals surface area contributed by atoms with Crippen LogP contribution in [0.5, 0.6) is 0 Å². The maximum Gasteiger partial charge on any atom is 0.253 e. The number of aliphatic hydroxyl groups is 1. The summed E-state index contributed by atoms with van der Waals surface area (Å²) in [5.74, 6) is -0.0325. The van der Waals surface area contributed by atoms with Crippen molar-refractivity contribution in [3.63, 3.8) is 0 Å². The molecule has 0 unspecified atom stereocenters. The van der Waals surface area contributed by atoms with Crippen LogP contribution in [0, 0.1) is 6.92 Å². The van der Waals surface area contributed by atoms with Crippen LogP contribution in [0.25, 0.3) is 0 Å². The third kappa shape index (κ3) is 4.78. The summed E-state index contributed by atoms with van der Waals surface area (Å²) in [4.78, 5) is 23.6. The molecule has 1 amide bonds. The maximum atomic E-state index is 11.9. The van der Waals surface area contributed by atoms with Gasteiger partial charge < -0.3 is 14.8 Å². The number of hydrogen-bond donors (Lipinski definition) is 1. The molecule has 0 atom stereocenters. The Labute approximate surface area is 102 Å². The molecule has 17 heavy (non-hydrogen) atoms. The largest absolute Gasteiger partial charge is 0.400 e. The lowest BCUT2D eigenvalue weighted by atomic mass is 10.1. The van der Waals surface area contributed by atoms with Crippen LogP contribution in [-0.4, -0.2) is 42.9 Å². The van der Waals surface area contributed by atoms with Crippen molar-refractivity contribution in [1.82, 2.24) is 4.90 Å². The number of aliphatic hydroxyl groups excluding tert-OH is 1. The van der Waals surface area contributed by atoms with Crippen LogP contribution in [-0.2, 0) is 4.79 Å². The molecule has 0 heterocycles. The van der Waals surface area contributed by atoms with Gasteiger partial charge in [0, 0.05) is 32.7 Å². The Kier molecular flexibility index (Phi) is 7.63. The first-order valence-corrected chi connectivity index (χ1v) is 5.36. The van der Waals surface area contributed by atoms with E-state index in [1.54, 1.807) is 18.0 Å². The van der Waals surface area contributed by atoms with Gasteiger partial charge in [-0.1, -0.05) is 18.2 Å². The Balaban J connectivity index is 0.00000121. The van der Waals surface area contributed by atoms with E-state index in [4.69, 9.17) is 5.11 Å². The second-order valence-electron chi connectivity index (χ2n) is 3.50. The van der Waals surface area contributed by atoms with Crippen LogP contribution in [0.4, 0.5) is 0 Å². The highest BCUT2D eigenvalue weighted by molar-refractivity contribution is 5.95. The molecule has 1 aromatic carbocycles. The Morgan fingerprint density at radius 3 is 2.47 bits per heavy atom. The molecule has 0 saturated heterocycles. The minimum Gasteiger partial charge on any atom is -0.400 e. The molecule has 1 aromatic rings. The number of carbonyl (C=O) groups is 2. The lowest BCUT2D eigenvalue weighted by Gasteiger charge is -2.16. The standard InChI is InChI=1S/C12H15NO2.CH4O/c1-10-6-3-4-7-11(10)12(15)13(2)8-5-9-14;1-2/h3-4,6-7,9H,5,8H2,1-2H3;2H,1H3. The average molecular weight is 237 g/mol. The second kappa shape index (κ2) is 8.47. The van der Waals surface area contributed by atoms with Crippen LogP contribution >= 0.6 is 0 Å². The van der Waals surface area contributed by atoms with Crippen molar-refractivity contribution in [2.24, 2.45) is 0 Å². The number of aldehydes is 1. The highest BCUT2D eigenvalue weighted by Gasteiger charge is 2.12. The zero-order valence-corrected chi connectivity index (χ0v) is 10.5. The van der Waals surface area contributed by atoms with Gasteiger partial charge in [0.25, 0.3) is 5.91 Å². The van der Waals surface area contributed by atoms with Gasteiger partial charge in [-0.15, -0.1) is 0 Å². The Hall–Kier alpha value is -1.68. The highest BCUT2D eigenvalue weighted by Crippen LogP contribution is 2.09. The average Bonchev–Trinajstić information content (AvgIpc) is 2.38. The number of rotatable bonds is 4. The summed E-state index contributed by atoms with van der Waals surface area (Å²) >= 11 is 0. The van der Waals surface area contributed by atoms with Crippen molar-refractivity contribution in [1.29, 1.82) is 0 Å². The van der Waals surface area contributed by atoms with Crippen molar-refractivity contribution in [2.45, 2.75) is 13.3 Å². The molecule has 0 fully saturated rings. The highest BCUT2D eigenvalue weighted by atomic mass is 16.2. The number of amides is 1. The summed E-state index contributed by atoms with van der Waals surface area (Å²) in [5.41, 5.74) is 1.66. The van der Waals surface area contributed by atoms with E-state index in [-0.39, 0.29) is 5.91 Å². The van der Waals surface area contributed by atoms with Gasteiger partial charge in [-0.25, -0.2) is 0 Å². The van der Waals surface area contributed by atoms with Crippen molar-refractivity contribution in [3.8, 4) is 0 Å². The van der Waals surface area contributed by atoms with Gasteiger partial charge >= 0.3 is 0 Å². The van der Waals surface area contributed by atoms with E-state index in [9.17, 15) is 9.59 Å². The van der Waals surface area contributed by atoms with E-state index in [1.165, 1.54) is 0 Å². The van der Waals surface area contributed by atoms with E-state index in [0.717, 1.165) is 19.0 Å². The van der Waals surface area contributed by atoms with E-state index >= 15 is 0 Å². The first-order valence-electron chi connectivity index (χ1n) is 5.36. The van der Waals surface area contributed by atoms with E-state index < -0.39 is 0 Å². The molecular formula is C13H19NO3. The predicted octanol–water partition coefficient (Wildman–Crippen LogP) is 1.26. The van der Waals surface area contributed by atoms with Crippen LogP contribution in [0.15, 0.2) is 24.3 Å². The van der Waals surface area contributed by atoms with Gasteiger partial charge in [0.1, 0.15) is 6.29 Å². The summed E-state index contributed by atoms with van der Waals surface area (Å²) in [7, 11) is 2.71. The lowest BCUT2D eigenvalue weighted by Crippen LogP contribution is -2.28. The zero-order chi connectivity index (χ0) is 13.3. The SMILES string of the molecule is CO.Cc1ccccc1C(=O)N(C)CCC=O. The minimum absolute atomic E-state index is 0.0325. The Morgan fingerprint density at radius 2 is 1.94 bits per heavy atom. The van der Waals surface area contributed by atoms with Gasteiger partial charge in [-0.05, 0) is 18.6 Å². The molecule has 1 N–H and O–H groups in total. The minimum atomic E-state index is -0.0325. The topological polar surface area (TPSA) is 57.6 Å². The number of hydrogen-bond acceptors (Lipinski definition) is 3. The first-order chi connectivity index (χ1) is 8.16. The van der Waals surface area contributed by atoms with Gasteiger partial charge in [0.15, 0.2) is 0 Å². The number of nitrogens with zero attached hydrogens (tertiary/aromatic N) is 1. The third-order valence-corrected chi connectivity index (χ3v) is 2.30. The van der Waals surface area contributed by atoms with Gasteiger partial charge in [0.2, 0.25) is 0 Å². The quantitative estimate of drug-likeness (QED) is 0.802. The first kappa shape index (κ1) is 15.3. The summed E-state index contributed by atoms with van der Waals surface area (Å²) < 4.78 is 0. The van der Waals surface area contributed by atoms with Gasteiger partial charge in [-0.3, -0.25) is 4.79 Å². The summed E-state index contributed by atoms with van der Waals surface area (Å²) in [6.07, 6.45) is 1.20. The summed E-state index contributed by atoms with van der Waals surface area (Å²) in [5, 5.41) is 7.00. The fourth-order valence-corrected chi connectivity index (χ4v) is 1.37. The van der Waals surface area contributed by atoms with Gasteiger partial charge in [0.05, 0.1) is 0 Å². The van der Waals surface area contributed by atoms with Crippen molar-refractivity contribution >= 4 is 12.2 Å². The van der Waals surface area contributed by atoms with Gasteiger partial charge in [-0.2, -0.15) is 0 Å². The van der Waals surface area contributed by atoms with Crippen molar-refractivity contribution < 1.29 is 14.7 Å². The van der Waals surface area contributed by atoms with Crippen LogP contribution in [0.1, 0.15) is 22.3 Å². The van der Waals surface area contributed by atoms with E-state index in [1.807, 2.05) is 25.1 Å². The molecular weight excluding hydrogens is 218 g/mol. The summed E-state index contributed by atoms with van der Waals surface area (Å²) in [6, 6.07) is 7.45. The molecule has 0 radical (unpaired) electrons. The van der Waals surface area contributed by atoms with E-state index in [0.29, 0.717) is 18.5 Å². The van der Waals surface area contributed by atoms with Crippen molar-refractivity contribution in [2.75, 3.05) is 20.7 Å². The molecule has 4 heteroatoms. The van der Waals surface area contributed by atoms with Crippen LogP contribution in [0.3, 0.4) is 0 Å². The van der Waals surface area contributed by atoms with Crippen molar-refractivity contribution in [3.05, 3.63) is 35.4 Å². The van der Waals surface area contributed by atoms with Crippen LogP contribution in [0.2, 0.25) is 0 Å².